The molecule has 1 unspecified atom stereocenters. The van der Waals surface area contributed by atoms with Crippen molar-refractivity contribution in [3.8, 4) is 0 Å². The fraction of sp³-hybridized carbons (Fsp3) is 0.385. The molecular weight excluding hydrogens is 230 g/mol. The van der Waals surface area contributed by atoms with Crippen molar-refractivity contribution in [3.05, 3.63) is 29.8 Å². The first kappa shape index (κ1) is 12.4. The van der Waals surface area contributed by atoms with E-state index >= 15 is 0 Å². The van der Waals surface area contributed by atoms with Crippen LogP contribution in [0.15, 0.2) is 29.4 Å². The van der Waals surface area contributed by atoms with Gasteiger partial charge in [-0.2, -0.15) is 0 Å². The number of nitrogens with one attached hydrogen (secondary N) is 1. The van der Waals surface area contributed by atoms with Gasteiger partial charge in [0.2, 0.25) is 5.91 Å². The number of hydrogen-bond acceptors (Lipinski definition) is 3. The largest absolute Gasteiger partial charge is 0.409 e. The maximum Gasteiger partial charge on any atom is 0.228 e. The normalized spacial score (nSPS) is 21.4. The van der Waals surface area contributed by atoms with Crippen molar-refractivity contribution in [1.29, 1.82) is 0 Å². The van der Waals surface area contributed by atoms with Gasteiger partial charge in [0, 0.05) is 17.2 Å². The van der Waals surface area contributed by atoms with Crippen LogP contribution >= 0.6 is 0 Å². The zero-order chi connectivity index (χ0) is 13.3. The summed E-state index contributed by atoms with van der Waals surface area (Å²) in [5, 5.41) is 14.3. The van der Waals surface area contributed by atoms with Crippen LogP contribution in [0.4, 0.5) is 5.69 Å². The molecule has 18 heavy (non-hydrogen) atoms. The second-order valence-corrected chi connectivity index (χ2v) is 5.30. The molecule has 1 saturated carbocycles. The third-order valence-electron chi connectivity index (χ3n) is 3.39. The summed E-state index contributed by atoms with van der Waals surface area (Å²) in [5.74, 6) is 0.203. The summed E-state index contributed by atoms with van der Waals surface area (Å²) in [6.45, 7) is 4.16. The van der Waals surface area contributed by atoms with E-state index in [2.05, 4.69) is 24.3 Å². The third-order valence-corrected chi connectivity index (χ3v) is 3.39. The van der Waals surface area contributed by atoms with Crippen molar-refractivity contribution in [2.24, 2.45) is 22.2 Å². The highest BCUT2D eigenvalue weighted by molar-refractivity contribution is 5.98. The van der Waals surface area contributed by atoms with Gasteiger partial charge >= 0.3 is 0 Å². The van der Waals surface area contributed by atoms with Crippen molar-refractivity contribution < 1.29 is 10.0 Å². The number of nitrogens with two attached hydrogens (primary N) is 1. The minimum absolute atomic E-state index is 0.0520. The first-order chi connectivity index (χ1) is 8.44. The first-order valence-electron chi connectivity index (χ1n) is 5.83. The van der Waals surface area contributed by atoms with Crippen molar-refractivity contribution in [1.82, 2.24) is 0 Å². The summed E-state index contributed by atoms with van der Waals surface area (Å²) in [6, 6.07) is 6.87. The molecule has 5 nitrogen and oxygen atoms in total. The fourth-order valence-electron chi connectivity index (χ4n) is 1.93. The van der Waals surface area contributed by atoms with Crippen molar-refractivity contribution in [2.45, 2.75) is 20.3 Å². The Hall–Kier alpha value is -2.04. The van der Waals surface area contributed by atoms with Gasteiger partial charge in [0.05, 0.1) is 0 Å². The minimum atomic E-state index is 0.0520. The zero-order valence-corrected chi connectivity index (χ0v) is 10.5. The number of carbonyl (C=O) groups excluding carboxylic acids is 1. The van der Waals surface area contributed by atoms with Crippen LogP contribution < -0.4 is 11.1 Å². The molecule has 2 rings (SSSR count). The number of oxime groups is 1. The zero-order valence-electron chi connectivity index (χ0n) is 10.5. The predicted octanol–water partition coefficient (Wildman–Crippen LogP) is 1.77. The van der Waals surface area contributed by atoms with Gasteiger partial charge in [-0.3, -0.25) is 4.79 Å². The summed E-state index contributed by atoms with van der Waals surface area (Å²) >= 11 is 0. The lowest BCUT2D eigenvalue weighted by Gasteiger charge is -2.07. The van der Waals surface area contributed by atoms with E-state index in [-0.39, 0.29) is 23.1 Å². The van der Waals surface area contributed by atoms with Crippen LogP contribution in [-0.4, -0.2) is 17.0 Å². The number of amides is 1. The Morgan fingerprint density at radius 1 is 1.44 bits per heavy atom. The number of carbonyl (C=O) groups is 1. The number of amidine groups is 1. The van der Waals surface area contributed by atoms with Crippen molar-refractivity contribution >= 4 is 17.4 Å². The Bertz CT molecular complexity index is 491. The van der Waals surface area contributed by atoms with Crippen LogP contribution in [0.3, 0.4) is 0 Å². The van der Waals surface area contributed by atoms with E-state index in [1.54, 1.807) is 24.3 Å². The van der Waals surface area contributed by atoms with Crippen LogP contribution in [0, 0.1) is 11.3 Å². The van der Waals surface area contributed by atoms with E-state index < -0.39 is 0 Å². The van der Waals surface area contributed by atoms with Crippen LogP contribution in [0.25, 0.3) is 0 Å². The molecule has 0 saturated heterocycles. The highest BCUT2D eigenvalue weighted by atomic mass is 16.4. The van der Waals surface area contributed by atoms with Gasteiger partial charge in [-0.05, 0) is 36.1 Å². The standard InChI is InChI=1S/C13H17N3O2/c1-13(2)7-10(13)12(17)15-9-5-3-8(4-6-9)11(14)16-18/h3-6,10,18H,7H2,1-2H3,(H2,14,16)(H,15,17). The smallest absolute Gasteiger partial charge is 0.228 e. The van der Waals surface area contributed by atoms with Crippen molar-refractivity contribution in [3.63, 3.8) is 0 Å². The van der Waals surface area contributed by atoms with E-state index in [1.807, 2.05) is 0 Å². The molecule has 0 heterocycles. The quantitative estimate of drug-likeness (QED) is 0.329. The predicted molar refractivity (Wildman–Crippen MR) is 69.5 cm³/mol. The average Bonchev–Trinajstić information content (AvgIpc) is 2.98. The summed E-state index contributed by atoms with van der Waals surface area (Å²) in [7, 11) is 0. The van der Waals surface area contributed by atoms with Gasteiger partial charge in [0.15, 0.2) is 5.84 Å². The highest BCUT2D eigenvalue weighted by Crippen LogP contribution is 2.51. The van der Waals surface area contributed by atoms with E-state index in [0.29, 0.717) is 5.56 Å². The lowest BCUT2D eigenvalue weighted by Crippen LogP contribution is -2.17. The van der Waals surface area contributed by atoms with E-state index in [4.69, 9.17) is 10.9 Å². The number of hydrogen-bond donors (Lipinski definition) is 3. The molecule has 1 aliphatic rings. The SMILES string of the molecule is CC1(C)CC1C(=O)Nc1ccc(/C(N)=N/O)cc1. The highest BCUT2D eigenvalue weighted by Gasteiger charge is 2.50. The maximum absolute atomic E-state index is 11.9. The van der Waals surface area contributed by atoms with E-state index in [0.717, 1.165) is 12.1 Å². The molecular formula is C13H17N3O2. The van der Waals surface area contributed by atoms with Gasteiger partial charge < -0.3 is 16.3 Å². The minimum Gasteiger partial charge on any atom is -0.409 e. The molecule has 4 N–H and O–H groups in total. The third kappa shape index (κ3) is 2.45. The second-order valence-electron chi connectivity index (χ2n) is 5.30. The maximum atomic E-state index is 11.9. The Labute approximate surface area is 106 Å². The van der Waals surface area contributed by atoms with Gasteiger partial charge in [0.1, 0.15) is 0 Å². The van der Waals surface area contributed by atoms with Crippen LogP contribution in [-0.2, 0) is 4.79 Å². The van der Waals surface area contributed by atoms with Gasteiger partial charge in [-0.1, -0.05) is 19.0 Å². The van der Waals surface area contributed by atoms with Crippen molar-refractivity contribution in [2.75, 3.05) is 5.32 Å². The van der Waals surface area contributed by atoms with Gasteiger partial charge in [-0.15, -0.1) is 0 Å². The lowest BCUT2D eigenvalue weighted by atomic mass is 10.1. The molecule has 96 valence electrons. The monoisotopic (exact) mass is 247 g/mol. The number of nitrogens with zero attached hydrogens (tertiary/aromatic N) is 1. The Morgan fingerprint density at radius 2 is 2.00 bits per heavy atom. The molecule has 0 aliphatic heterocycles. The topological polar surface area (TPSA) is 87.7 Å². The Morgan fingerprint density at radius 3 is 2.44 bits per heavy atom. The average molecular weight is 247 g/mol. The molecule has 1 amide bonds. The van der Waals surface area contributed by atoms with Crippen LogP contribution in [0.1, 0.15) is 25.8 Å². The summed E-state index contributed by atoms with van der Waals surface area (Å²) in [5.41, 5.74) is 6.91. The molecule has 5 heteroatoms. The molecule has 1 aromatic rings. The second kappa shape index (κ2) is 4.33. The molecule has 1 aliphatic carbocycles. The molecule has 0 bridgehead atoms. The molecule has 0 spiro atoms. The number of anilines is 1. The Kier molecular flexibility index (Phi) is 2.98. The molecule has 1 atom stereocenters. The van der Waals surface area contributed by atoms with Crippen LogP contribution in [0.2, 0.25) is 0 Å². The number of benzene rings is 1. The fourth-order valence-corrected chi connectivity index (χ4v) is 1.93. The van der Waals surface area contributed by atoms with Crippen LogP contribution in [0.5, 0.6) is 0 Å². The lowest BCUT2D eigenvalue weighted by molar-refractivity contribution is -0.118. The molecule has 1 aromatic carbocycles. The molecule has 0 radical (unpaired) electrons. The summed E-state index contributed by atoms with van der Waals surface area (Å²) in [6.07, 6.45) is 0.932. The van der Waals surface area contributed by atoms with Gasteiger partial charge in [-0.25, -0.2) is 0 Å². The molecule has 1 fully saturated rings. The summed E-state index contributed by atoms with van der Waals surface area (Å²) in [4.78, 5) is 11.9. The van der Waals surface area contributed by atoms with E-state index in [1.165, 1.54) is 0 Å². The number of rotatable bonds is 3. The summed E-state index contributed by atoms with van der Waals surface area (Å²) < 4.78 is 0. The Balaban J connectivity index is 2.01. The molecule has 0 aromatic heterocycles. The van der Waals surface area contributed by atoms with Gasteiger partial charge in [0.25, 0.3) is 0 Å². The van der Waals surface area contributed by atoms with E-state index in [9.17, 15) is 4.79 Å². The first-order valence-corrected chi connectivity index (χ1v) is 5.83.